The minimum Gasteiger partial charge on any atom is -0.480 e. The summed E-state index contributed by atoms with van der Waals surface area (Å²) in [7, 11) is 0. The highest BCUT2D eigenvalue weighted by Gasteiger charge is 2.26. The van der Waals surface area contributed by atoms with Gasteiger partial charge in [0.05, 0.1) is 5.02 Å². The van der Waals surface area contributed by atoms with Gasteiger partial charge in [0.15, 0.2) is 6.10 Å². The Kier molecular flexibility index (Phi) is 6.03. The maximum Gasteiger partial charge on any atom is 0.326 e. The van der Waals surface area contributed by atoms with E-state index in [1.54, 1.807) is 32.9 Å². The van der Waals surface area contributed by atoms with Crippen molar-refractivity contribution < 1.29 is 19.4 Å². The number of aliphatic carboxylic acids is 1. The molecule has 2 N–H and O–H groups in total. The fraction of sp³-hybridized carbons (Fsp3) is 0.467. The summed E-state index contributed by atoms with van der Waals surface area (Å²) >= 11 is 6.00. The van der Waals surface area contributed by atoms with Gasteiger partial charge in [-0.25, -0.2) is 4.79 Å². The molecule has 0 fully saturated rings. The number of ether oxygens (including phenoxy) is 1. The van der Waals surface area contributed by atoms with Crippen LogP contribution in [0.15, 0.2) is 18.2 Å². The predicted octanol–water partition coefficient (Wildman–Crippen LogP) is 2.64. The van der Waals surface area contributed by atoms with Gasteiger partial charge in [0.2, 0.25) is 0 Å². The van der Waals surface area contributed by atoms with Crippen molar-refractivity contribution >= 4 is 23.5 Å². The van der Waals surface area contributed by atoms with Crippen molar-refractivity contribution in [2.75, 3.05) is 0 Å². The van der Waals surface area contributed by atoms with Crippen LogP contribution in [0.3, 0.4) is 0 Å². The number of amides is 1. The van der Waals surface area contributed by atoms with E-state index in [9.17, 15) is 9.59 Å². The summed E-state index contributed by atoms with van der Waals surface area (Å²) in [6.07, 6.45) is -0.843. The average Bonchev–Trinajstić information content (AvgIpc) is 2.38. The standard InChI is InChI=1S/C15H20ClNO4/c1-8(2)13(15(19)20)17-14(18)10(4)21-12-7-9(3)5-6-11(12)16/h5-8,10,13H,1-4H3,(H,17,18)(H,19,20). The Hall–Kier alpha value is -1.75. The van der Waals surface area contributed by atoms with Gasteiger partial charge in [-0.1, -0.05) is 31.5 Å². The molecular formula is C15H20ClNO4. The van der Waals surface area contributed by atoms with Crippen LogP contribution in [0.4, 0.5) is 0 Å². The number of benzene rings is 1. The first-order valence-electron chi connectivity index (χ1n) is 6.68. The lowest BCUT2D eigenvalue weighted by Gasteiger charge is -2.21. The zero-order valence-corrected chi connectivity index (χ0v) is 13.3. The molecule has 0 spiro atoms. The van der Waals surface area contributed by atoms with Gasteiger partial charge in [-0.3, -0.25) is 4.79 Å². The Morgan fingerprint density at radius 2 is 1.90 bits per heavy atom. The first-order valence-corrected chi connectivity index (χ1v) is 7.06. The summed E-state index contributed by atoms with van der Waals surface area (Å²) in [4.78, 5) is 23.1. The van der Waals surface area contributed by atoms with Gasteiger partial charge >= 0.3 is 5.97 Å². The fourth-order valence-electron chi connectivity index (χ4n) is 1.73. The van der Waals surface area contributed by atoms with Crippen molar-refractivity contribution in [1.29, 1.82) is 0 Å². The van der Waals surface area contributed by atoms with E-state index in [0.717, 1.165) is 5.56 Å². The summed E-state index contributed by atoms with van der Waals surface area (Å²) in [5, 5.41) is 11.9. The number of aryl methyl sites for hydroxylation is 1. The molecule has 0 saturated carbocycles. The number of halogens is 1. The van der Waals surface area contributed by atoms with E-state index >= 15 is 0 Å². The molecule has 0 aliphatic rings. The second kappa shape index (κ2) is 7.31. The molecule has 0 heterocycles. The summed E-state index contributed by atoms with van der Waals surface area (Å²) < 4.78 is 5.51. The molecule has 5 nitrogen and oxygen atoms in total. The predicted molar refractivity (Wildman–Crippen MR) is 80.7 cm³/mol. The molecule has 2 unspecified atom stereocenters. The van der Waals surface area contributed by atoms with E-state index in [0.29, 0.717) is 10.8 Å². The van der Waals surface area contributed by atoms with E-state index < -0.39 is 24.0 Å². The highest BCUT2D eigenvalue weighted by Crippen LogP contribution is 2.26. The van der Waals surface area contributed by atoms with Crippen molar-refractivity contribution in [2.24, 2.45) is 5.92 Å². The van der Waals surface area contributed by atoms with Crippen LogP contribution in [0.1, 0.15) is 26.3 Å². The topological polar surface area (TPSA) is 75.6 Å². The fourth-order valence-corrected chi connectivity index (χ4v) is 1.89. The number of rotatable bonds is 6. The van der Waals surface area contributed by atoms with Crippen LogP contribution in [0, 0.1) is 12.8 Å². The molecule has 0 bridgehead atoms. The lowest BCUT2D eigenvalue weighted by molar-refractivity contribution is -0.144. The van der Waals surface area contributed by atoms with Crippen molar-refractivity contribution in [3.63, 3.8) is 0 Å². The highest BCUT2D eigenvalue weighted by molar-refractivity contribution is 6.32. The van der Waals surface area contributed by atoms with E-state index in [4.69, 9.17) is 21.4 Å². The van der Waals surface area contributed by atoms with Gasteiger partial charge in [0.1, 0.15) is 11.8 Å². The largest absolute Gasteiger partial charge is 0.480 e. The number of carbonyl (C=O) groups excluding carboxylic acids is 1. The lowest BCUT2D eigenvalue weighted by Crippen LogP contribution is -2.48. The first-order chi connectivity index (χ1) is 9.72. The normalized spacial score (nSPS) is 13.6. The zero-order chi connectivity index (χ0) is 16.2. The number of hydrogen-bond acceptors (Lipinski definition) is 3. The van der Waals surface area contributed by atoms with E-state index in [2.05, 4.69) is 5.32 Å². The second-order valence-corrected chi connectivity index (χ2v) is 5.67. The van der Waals surface area contributed by atoms with E-state index in [1.807, 2.05) is 13.0 Å². The molecule has 1 amide bonds. The van der Waals surface area contributed by atoms with Crippen LogP contribution in [0.5, 0.6) is 5.75 Å². The molecule has 1 rings (SSSR count). The minimum atomic E-state index is -1.07. The van der Waals surface area contributed by atoms with Crippen LogP contribution < -0.4 is 10.1 Å². The molecule has 6 heteroatoms. The Morgan fingerprint density at radius 1 is 1.29 bits per heavy atom. The molecule has 2 atom stereocenters. The first kappa shape index (κ1) is 17.3. The number of carboxylic acids is 1. The van der Waals surface area contributed by atoms with Crippen molar-refractivity contribution in [3.8, 4) is 5.75 Å². The lowest BCUT2D eigenvalue weighted by atomic mass is 10.0. The molecule has 0 radical (unpaired) electrons. The molecule has 0 aliphatic heterocycles. The van der Waals surface area contributed by atoms with Gasteiger partial charge in [0, 0.05) is 0 Å². The summed E-state index contributed by atoms with van der Waals surface area (Å²) in [5.41, 5.74) is 0.951. The maximum atomic E-state index is 12.0. The van der Waals surface area contributed by atoms with Crippen LogP contribution in [0.2, 0.25) is 5.02 Å². The molecule has 1 aromatic rings. The molecule has 0 aromatic heterocycles. The quantitative estimate of drug-likeness (QED) is 0.846. The molecule has 0 saturated heterocycles. The van der Waals surface area contributed by atoms with Gasteiger partial charge in [-0.15, -0.1) is 0 Å². The van der Waals surface area contributed by atoms with Crippen molar-refractivity contribution in [1.82, 2.24) is 5.32 Å². The van der Waals surface area contributed by atoms with Gasteiger partial charge in [0.25, 0.3) is 5.91 Å². The SMILES string of the molecule is Cc1ccc(Cl)c(OC(C)C(=O)NC(C(=O)O)C(C)C)c1. The Balaban J connectivity index is 2.74. The summed E-state index contributed by atoms with van der Waals surface area (Å²) in [5.74, 6) is -1.38. The van der Waals surface area contributed by atoms with Crippen molar-refractivity contribution in [3.05, 3.63) is 28.8 Å². The number of nitrogens with one attached hydrogen (secondary N) is 1. The zero-order valence-electron chi connectivity index (χ0n) is 12.5. The average molecular weight is 314 g/mol. The summed E-state index contributed by atoms with van der Waals surface area (Å²) in [6, 6.07) is 4.30. The summed E-state index contributed by atoms with van der Waals surface area (Å²) in [6.45, 7) is 6.88. The van der Waals surface area contributed by atoms with Crippen LogP contribution >= 0.6 is 11.6 Å². The highest BCUT2D eigenvalue weighted by atomic mass is 35.5. The molecule has 0 aliphatic carbocycles. The number of hydrogen-bond donors (Lipinski definition) is 2. The van der Waals surface area contributed by atoms with E-state index in [1.165, 1.54) is 0 Å². The molecule has 116 valence electrons. The molecule has 1 aromatic carbocycles. The van der Waals surface area contributed by atoms with Crippen LogP contribution in [-0.2, 0) is 9.59 Å². The third kappa shape index (κ3) is 4.93. The number of carboxylic acid groups (broad SMARTS) is 1. The third-order valence-corrected chi connectivity index (χ3v) is 3.30. The van der Waals surface area contributed by atoms with Crippen LogP contribution in [0.25, 0.3) is 0 Å². The monoisotopic (exact) mass is 313 g/mol. The maximum absolute atomic E-state index is 12.0. The van der Waals surface area contributed by atoms with E-state index in [-0.39, 0.29) is 5.92 Å². The molecule has 21 heavy (non-hydrogen) atoms. The third-order valence-electron chi connectivity index (χ3n) is 2.99. The Morgan fingerprint density at radius 3 is 2.43 bits per heavy atom. The van der Waals surface area contributed by atoms with Crippen LogP contribution in [-0.4, -0.2) is 29.1 Å². The Bertz CT molecular complexity index is 530. The van der Waals surface area contributed by atoms with Gasteiger partial charge in [-0.2, -0.15) is 0 Å². The van der Waals surface area contributed by atoms with Gasteiger partial charge in [-0.05, 0) is 37.5 Å². The minimum absolute atomic E-state index is 0.221. The number of carbonyl (C=O) groups is 2. The second-order valence-electron chi connectivity index (χ2n) is 5.26. The van der Waals surface area contributed by atoms with Gasteiger partial charge < -0.3 is 15.2 Å². The van der Waals surface area contributed by atoms with Crippen molar-refractivity contribution in [2.45, 2.75) is 39.8 Å². The Labute approximate surface area is 129 Å². The molecular weight excluding hydrogens is 294 g/mol. The smallest absolute Gasteiger partial charge is 0.326 e.